The van der Waals surface area contributed by atoms with E-state index in [2.05, 4.69) is 27.6 Å². The molecule has 1 atom stereocenters. The number of aromatic nitrogens is 3. The third kappa shape index (κ3) is 3.57. The highest BCUT2D eigenvalue weighted by atomic mass is 19.1. The number of benzene rings is 1. The minimum Gasteiger partial charge on any atom is -0.357 e. The van der Waals surface area contributed by atoms with Crippen LogP contribution in [0.2, 0.25) is 0 Å². The Labute approximate surface area is 152 Å². The van der Waals surface area contributed by atoms with Gasteiger partial charge >= 0.3 is 0 Å². The molecule has 0 spiro atoms. The van der Waals surface area contributed by atoms with Crippen molar-refractivity contribution < 1.29 is 4.39 Å². The zero-order valence-electron chi connectivity index (χ0n) is 15.1. The van der Waals surface area contributed by atoms with Crippen LogP contribution in [-0.4, -0.2) is 39.9 Å². The van der Waals surface area contributed by atoms with Crippen molar-refractivity contribution in [2.45, 2.75) is 50.6 Å². The number of aliphatic imine (C=N–C) groups is 1. The Morgan fingerprint density at radius 2 is 2.31 bits per heavy atom. The summed E-state index contributed by atoms with van der Waals surface area (Å²) in [5.41, 5.74) is 1.05. The molecule has 138 valence electrons. The molecule has 0 radical (unpaired) electrons. The first-order valence-electron chi connectivity index (χ1n) is 9.36. The summed E-state index contributed by atoms with van der Waals surface area (Å²) in [6, 6.07) is 7.23. The molecule has 1 aromatic carbocycles. The van der Waals surface area contributed by atoms with Gasteiger partial charge in [0, 0.05) is 24.4 Å². The molecule has 6 nitrogen and oxygen atoms in total. The van der Waals surface area contributed by atoms with Gasteiger partial charge in [0.15, 0.2) is 5.96 Å². The van der Waals surface area contributed by atoms with Gasteiger partial charge in [-0.05, 0) is 43.9 Å². The van der Waals surface area contributed by atoms with E-state index in [4.69, 9.17) is 4.99 Å². The number of aryl methyl sites for hydroxylation is 1. The fourth-order valence-corrected chi connectivity index (χ4v) is 3.61. The zero-order chi connectivity index (χ0) is 18.0. The molecule has 1 aromatic heterocycles. The summed E-state index contributed by atoms with van der Waals surface area (Å²) >= 11 is 0. The van der Waals surface area contributed by atoms with Gasteiger partial charge in [-0.25, -0.2) is 14.1 Å². The van der Waals surface area contributed by atoms with Gasteiger partial charge in [0.2, 0.25) is 0 Å². The summed E-state index contributed by atoms with van der Waals surface area (Å²) < 4.78 is 15.5. The largest absolute Gasteiger partial charge is 0.357 e. The molecule has 2 aliphatic rings. The molecule has 26 heavy (non-hydrogen) atoms. The van der Waals surface area contributed by atoms with E-state index >= 15 is 0 Å². The molecule has 2 heterocycles. The van der Waals surface area contributed by atoms with Gasteiger partial charge in [-0.15, -0.1) is 0 Å². The number of rotatable bonds is 5. The molecule has 1 saturated carbocycles. The first-order valence-corrected chi connectivity index (χ1v) is 9.36. The van der Waals surface area contributed by atoms with Gasteiger partial charge < -0.3 is 10.6 Å². The molecule has 7 heteroatoms. The zero-order valence-corrected chi connectivity index (χ0v) is 15.1. The lowest BCUT2D eigenvalue weighted by Crippen LogP contribution is -2.47. The molecule has 1 unspecified atom stereocenters. The van der Waals surface area contributed by atoms with E-state index in [1.807, 2.05) is 10.7 Å². The summed E-state index contributed by atoms with van der Waals surface area (Å²) in [5.74, 6) is 1.70. The standard InChI is InChI=1S/C19H25FN6/c1-2-21-18(25-16-6-7-17-23-13-24-26(17)11-16)22-12-19(8-9-19)14-4-3-5-15(20)10-14/h3-5,10,13,16H,2,6-9,11-12H2,1H3,(H2,21,22,25). The number of hydrogen-bond donors (Lipinski definition) is 2. The second kappa shape index (κ2) is 7.05. The lowest BCUT2D eigenvalue weighted by molar-refractivity contribution is 0.392. The predicted octanol–water partition coefficient (Wildman–Crippen LogP) is 2.02. The number of nitrogens with zero attached hydrogens (tertiary/aromatic N) is 4. The van der Waals surface area contributed by atoms with Crippen molar-refractivity contribution in [2.75, 3.05) is 13.1 Å². The highest BCUT2D eigenvalue weighted by molar-refractivity contribution is 5.80. The van der Waals surface area contributed by atoms with Crippen LogP contribution < -0.4 is 10.6 Å². The van der Waals surface area contributed by atoms with E-state index in [1.54, 1.807) is 18.5 Å². The predicted molar refractivity (Wildman–Crippen MR) is 98.6 cm³/mol. The van der Waals surface area contributed by atoms with E-state index in [-0.39, 0.29) is 17.3 Å². The lowest BCUT2D eigenvalue weighted by atomic mass is 9.96. The van der Waals surface area contributed by atoms with Crippen molar-refractivity contribution in [2.24, 2.45) is 4.99 Å². The summed E-state index contributed by atoms with van der Waals surface area (Å²) in [6.45, 7) is 4.34. The smallest absolute Gasteiger partial charge is 0.191 e. The second-order valence-electron chi connectivity index (χ2n) is 7.22. The highest BCUT2D eigenvalue weighted by Gasteiger charge is 2.44. The van der Waals surface area contributed by atoms with Crippen LogP contribution in [0, 0.1) is 5.82 Å². The van der Waals surface area contributed by atoms with Crippen molar-refractivity contribution in [1.29, 1.82) is 0 Å². The maximum atomic E-state index is 13.6. The number of hydrogen-bond acceptors (Lipinski definition) is 3. The van der Waals surface area contributed by atoms with Crippen molar-refractivity contribution in [3.63, 3.8) is 0 Å². The van der Waals surface area contributed by atoms with Gasteiger partial charge in [-0.1, -0.05) is 12.1 Å². The molecule has 2 aromatic rings. The van der Waals surface area contributed by atoms with Crippen molar-refractivity contribution in [3.05, 3.63) is 47.8 Å². The molecule has 0 amide bonds. The second-order valence-corrected chi connectivity index (χ2v) is 7.22. The first-order chi connectivity index (χ1) is 12.7. The van der Waals surface area contributed by atoms with Crippen LogP contribution in [0.1, 0.15) is 37.6 Å². The topological polar surface area (TPSA) is 67.1 Å². The summed E-state index contributed by atoms with van der Waals surface area (Å²) in [5, 5.41) is 11.1. The Morgan fingerprint density at radius 3 is 3.08 bits per heavy atom. The van der Waals surface area contributed by atoms with E-state index in [9.17, 15) is 4.39 Å². The Balaban J connectivity index is 1.43. The van der Waals surface area contributed by atoms with Gasteiger partial charge in [-0.3, -0.25) is 4.99 Å². The van der Waals surface area contributed by atoms with Crippen molar-refractivity contribution in [1.82, 2.24) is 25.4 Å². The van der Waals surface area contributed by atoms with Gasteiger partial charge in [-0.2, -0.15) is 5.10 Å². The average Bonchev–Trinajstić information content (AvgIpc) is 3.29. The van der Waals surface area contributed by atoms with Crippen molar-refractivity contribution >= 4 is 5.96 Å². The van der Waals surface area contributed by atoms with Gasteiger partial charge in [0.05, 0.1) is 13.1 Å². The normalized spacial score (nSPS) is 21.2. The Kier molecular flexibility index (Phi) is 4.61. The van der Waals surface area contributed by atoms with E-state index in [0.717, 1.165) is 56.1 Å². The molecule has 0 bridgehead atoms. The number of fused-ring (bicyclic) bond motifs is 1. The van der Waals surface area contributed by atoms with Crippen LogP contribution in [-0.2, 0) is 18.4 Å². The lowest BCUT2D eigenvalue weighted by Gasteiger charge is -2.25. The fourth-order valence-electron chi connectivity index (χ4n) is 3.61. The van der Waals surface area contributed by atoms with Crippen LogP contribution in [0.15, 0.2) is 35.6 Å². The number of halogens is 1. The van der Waals surface area contributed by atoms with Gasteiger partial charge in [0.25, 0.3) is 0 Å². The molecule has 4 rings (SSSR count). The highest BCUT2D eigenvalue weighted by Crippen LogP contribution is 2.48. The number of nitrogens with one attached hydrogen (secondary N) is 2. The van der Waals surface area contributed by atoms with Crippen LogP contribution in [0.5, 0.6) is 0 Å². The third-order valence-corrected chi connectivity index (χ3v) is 5.32. The minimum absolute atomic E-state index is 0.00388. The summed E-state index contributed by atoms with van der Waals surface area (Å²) in [4.78, 5) is 9.09. The van der Waals surface area contributed by atoms with Crippen LogP contribution in [0.4, 0.5) is 4.39 Å². The summed E-state index contributed by atoms with van der Waals surface area (Å²) in [7, 11) is 0. The number of guanidine groups is 1. The van der Waals surface area contributed by atoms with Crippen LogP contribution in [0.3, 0.4) is 0 Å². The molecular weight excluding hydrogens is 331 g/mol. The van der Waals surface area contributed by atoms with Crippen LogP contribution in [0.25, 0.3) is 0 Å². The van der Waals surface area contributed by atoms with E-state index in [0.29, 0.717) is 6.54 Å². The first kappa shape index (κ1) is 17.0. The maximum Gasteiger partial charge on any atom is 0.191 e. The molecule has 0 saturated heterocycles. The molecular formula is C19H25FN6. The average molecular weight is 356 g/mol. The third-order valence-electron chi connectivity index (χ3n) is 5.32. The quantitative estimate of drug-likeness (QED) is 0.635. The molecule has 1 fully saturated rings. The van der Waals surface area contributed by atoms with Crippen molar-refractivity contribution in [3.8, 4) is 0 Å². The molecule has 1 aliphatic heterocycles. The Morgan fingerprint density at radius 1 is 1.42 bits per heavy atom. The SMILES string of the molecule is CCNC(=NCC1(c2cccc(F)c2)CC1)NC1CCc2ncnn2C1. The Hall–Kier alpha value is -2.44. The minimum atomic E-state index is -0.173. The van der Waals surface area contributed by atoms with E-state index in [1.165, 1.54) is 6.07 Å². The fraction of sp³-hybridized carbons (Fsp3) is 0.526. The summed E-state index contributed by atoms with van der Waals surface area (Å²) in [6.07, 6.45) is 5.67. The van der Waals surface area contributed by atoms with Gasteiger partial charge in [0.1, 0.15) is 18.0 Å². The molecule has 1 aliphatic carbocycles. The Bertz CT molecular complexity index is 795. The molecule has 2 N–H and O–H groups in total. The monoisotopic (exact) mass is 356 g/mol. The maximum absolute atomic E-state index is 13.6. The van der Waals surface area contributed by atoms with Crippen LogP contribution >= 0.6 is 0 Å². The van der Waals surface area contributed by atoms with E-state index < -0.39 is 0 Å².